The normalized spacial score (nSPS) is 18.0. The van der Waals surface area contributed by atoms with Crippen LogP contribution in [-0.4, -0.2) is 34.4 Å². The molecular formula is C19H22N4O2. The maximum absolute atomic E-state index is 12.3. The summed E-state index contributed by atoms with van der Waals surface area (Å²) in [6.45, 7) is 2.89. The molecule has 0 aliphatic carbocycles. The first-order valence-electron chi connectivity index (χ1n) is 8.42. The second-order valence-electron chi connectivity index (χ2n) is 6.18. The van der Waals surface area contributed by atoms with Gasteiger partial charge in [0.05, 0.1) is 24.3 Å². The van der Waals surface area contributed by atoms with Crippen molar-refractivity contribution in [1.29, 1.82) is 0 Å². The summed E-state index contributed by atoms with van der Waals surface area (Å²) in [5, 5.41) is 5.65. The van der Waals surface area contributed by atoms with Crippen LogP contribution >= 0.6 is 0 Å². The predicted molar refractivity (Wildman–Crippen MR) is 94.6 cm³/mol. The molecule has 0 radical (unpaired) electrons. The molecule has 6 heteroatoms. The van der Waals surface area contributed by atoms with Gasteiger partial charge in [0.15, 0.2) is 0 Å². The summed E-state index contributed by atoms with van der Waals surface area (Å²) in [4.78, 5) is 30.3. The van der Waals surface area contributed by atoms with Crippen molar-refractivity contribution in [2.75, 3.05) is 6.54 Å². The third kappa shape index (κ3) is 4.35. The molecule has 0 saturated carbocycles. The second-order valence-corrected chi connectivity index (χ2v) is 6.18. The van der Waals surface area contributed by atoms with E-state index in [0.29, 0.717) is 19.5 Å². The standard InChI is InChI=1S/C19H22N4O2/c1-14(15-7-3-2-4-8-15)23-13-17(11-18(23)24)22-19(25)21-12-16-9-5-6-10-20-16/h2-10,14,17H,11-13H2,1H3,(H2,21,22,25). The molecule has 2 atom stereocenters. The molecule has 1 aliphatic heterocycles. The van der Waals surface area contributed by atoms with Gasteiger partial charge in [-0.15, -0.1) is 0 Å². The molecule has 1 aromatic carbocycles. The first-order valence-corrected chi connectivity index (χ1v) is 8.42. The maximum Gasteiger partial charge on any atom is 0.315 e. The number of rotatable bonds is 5. The summed E-state index contributed by atoms with van der Waals surface area (Å²) in [6, 6.07) is 15.0. The van der Waals surface area contributed by atoms with E-state index in [2.05, 4.69) is 15.6 Å². The fourth-order valence-electron chi connectivity index (χ4n) is 3.02. The van der Waals surface area contributed by atoms with E-state index in [1.807, 2.05) is 60.4 Å². The van der Waals surface area contributed by atoms with Crippen LogP contribution in [0.1, 0.15) is 30.6 Å². The third-order valence-corrected chi connectivity index (χ3v) is 4.40. The molecule has 2 heterocycles. The number of pyridine rings is 1. The molecule has 3 amide bonds. The van der Waals surface area contributed by atoms with E-state index in [1.54, 1.807) is 6.20 Å². The zero-order valence-electron chi connectivity index (χ0n) is 14.2. The van der Waals surface area contributed by atoms with Crippen LogP contribution in [0, 0.1) is 0 Å². The highest BCUT2D eigenvalue weighted by Gasteiger charge is 2.33. The van der Waals surface area contributed by atoms with Crippen molar-refractivity contribution in [3.05, 3.63) is 66.0 Å². The van der Waals surface area contributed by atoms with Crippen molar-refractivity contribution < 1.29 is 9.59 Å². The van der Waals surface area contributed by atoms with E-state index in [0.717, 1.165) is 11.3 Å². The highest BCUT2D eigenvalue weighted by Crippen LogP contribution is 2.25. The summed E-state index contributed by atoms with van der Waals surface area (Å²) in [7, 11) is 0. The quantitative estimate of drug-likeness (QED) is 0.878. The summed E-state index contributed by atoms with van der Waals surface area (Å²) >= 11 is 0. The number of likely N-dealkylation sites (tertiary alicyclic amines) is 1. The van der Waals surface area contributed by atoms with Crippen molar-refractivity contribution in [2.24, 2.45) is 0 Å². The summed E-state index contributed by atoms with van der Waals surface area (Å²) in [5.41, 5.74) is 1.88. The molecule has 0 spiro atoms. The van der Waals surface area contributed by atoms with Gasteiger partial charge < -0.3 is 15.5 Å². The topological polar surface area (TPSA) is 74.3 Å². The van der Waals surface area contributed by atoms with Crippen LogP contribution in [0.4, 0.5) is 4.79 Å². The van der Waals surface area contributed by atoms with Crippen molar-refractivity contribution in [3.63, 3.8) is 0 Å². The Morgan fingerprint density at radius 2 is 2.00 bits per heavy atom. The molecule has 2 aromatic rings. The molecule has 2 unspecified atom stereocenters. The third-order valence-electron chi connectivity index (χ3n) is 4.40. The lowest BCUT2D eigenvalue weighted by atomic mass is 10.1. The van der Waals surface area contributed by atoms with Crippen LogP contribution in [0.15, 0.2) is 54.7 Å². The van der Waals surface area contributed by atoms with Crippen molar-refractivity contribution in [2.45, 2.75) is 32.0 Å². The van der Waals surface area contributed by atoms with E-state index < -0.39 is 0 Å². The van der Waals surface area contributed by atoms with Crippen LogP contribution in [-0.2, 0) is 11.3 Å². The zero-order valence-corrected chi connectivity index (χ0v) is 14.2. The molecule has 1 aromatic heterocycles. The van der Waals surface area contributed by atoms with E-state index >= 15 is 0 Å². The minimum Gasteiger partial charge on any atom is -0.334 e. The van der Waals surface area contributed by atoms with Gasteiger partial charge in [-0.3, -0.25) is 9.78 Å². The van der Waals surface area contributed by atoms with Gasteiger partial charge in [0.25, 0.3) is 0 Å². The van der Waals surface area contributed by atoms with Gasteiger partial charge >= 0.3 is 6.03 Å². The zero-order chi connectivity index (χ0) is 17.6. The predicted octanol–water partition coefficient (Wildman–Crippen LogP) is 2.24. The smallest absolute Gasteiger partial charge is 0.315 e. The van der Waals surface area contributed by atoms with Crippen molar-refractivity contribution >= 4 is 11.9 Å². The first-order chi connectivity index (χ1) is 12.1. The molecular weight excluding hydrogens is 316 g/mol. The fraction of sp³-hybridized carbons (Fsp3) is 0.316. The Kier molecular flexibility index (Phi) is 5.28. The van der Waals surface area contributed by atoms with Crippen LogP contribution in [0.5, 0.6) is 0 Å². The SMILES string of the molecule is CC(c1ccccc1)N1CC(NC(=O)NCc2ccccn2)CC1=O. The van der Waals surface area contributed by atoms with Crippen molar-refractivity contribution in [3.8, 4) is 0 Å². The average Bonchev–Trinajstić information content (AvgIpc) is 3.01. The number of aromatic nitrogens is 1. The minimum atomic E-state index is -0.280. The monoisotopic (exact) mass is 338 g/mol. The van der Waals surface area contributed by atoms with Gasteiger partial charge in [0, 0.05) is 19.2 Å². The van der Waals surface area contributed by atoms with Gasteiger partial charge in [0.1, 0.15) is 0 Å². The molecule has 2 N–H and O–H groups in total. The maximum atomic E-state index is 12.3. The lowest BCUT2D eigenvalue weighted by Gasteiger charge is -2.25. The molecule has 25 heavy (non-hydrogen) atoms. The number of benzene rings is 1. The van der Waals surface area contributed by atoms with Crippen LogP contribution < -0.4 is 10.6 Å². The van der Waals surface area contributed by atoms with E-state index in [4.69, 9.17) is 0 Å². The van der Waals surface area contributed by atoms with Gasteiger partial charge in [-0.05, 0) is 24.6 Å². The fourth-order valence-corrected chi connectivity index (χ4v) is 3.02. The number of amides is 3. The molecule has 3 rings (SSSR count). The molecule has 6 nitrogen and oxygen atoms in total. The van der Waals surface area contributed by atoms with E-state index in [1.165, 1.54) is 0 Å². The summed E-state index contributed by atoms with van der Waals surface area (Å²) in [6.07, 6.45) is 2.02. The number of hydrogen-bond donors (Lipinski definition) is 2. The Balaban J connectivity index is 1.51. The van der Waals surface area contributed by atoms with Gasteiger partial charge in [-0.2, -0.15) is 0 Å². The van der Waals surface area contributed by atoms with E-state index in [9.17, 15) is 9.59 Å². The lowest BCUT2D eigenvalue weighted by Crippen LogP contribution is -2.43. The molecule has 130 valence electrons. The molecule has 1 saturated heterocycles. The molecule has 1 fully saturated rings. The molecule has 1 aliphatic rings. The van der Waals surface area contributed by atoms with Gasteiger partial charge in [-0.25, -0.2) is 4.79 Å². The minimum absolute atomic E-state index is 0.00270. The number of nitrogens with one attached hydrogen (secondary N) is 2. The number of carbonyl (C=O) groups is 2. The lowest BCUT2D eigenvalue weighted by molar-refractivity contribution is -0.129. The highest BCUT2D eigenvalue weighted by molar-refractivity contribution is 5.82. The van der Waals surface area contributed by atoms with Crippen LogP contribution in [0.2, 0.25) is 0 Å². The van der Waals surface area contributed by atoms with Crippen LogP contribution in [0.25, 0.3) is 0 Å². The Hall–Kier alpha value is -2.89. The Morgan fingerprint density at radius 3 is 2.72 bits per heavy atom. The summed E-state index contributed by atoms with van der Waals surface area (Å²) in [5.74, 6) is 0.0615. The Morgan fingerprint density at radius 1 is 1.24 bits per heavy atom. The van der Waals surface area contributed by atoms with E-state index in [-0.39, 0.29) is 24.0 Å². The van der Waals surface area contributed by atoms with Gasteiger partial charge in [-0.1, -0.05) is 36.4 Å². The number of urea groups is 1. The second kappa shape index (κ2) is 7.79. The number of nitrogens with zero attached hydrogens (tertiary/aromatic N) is 2. The van der Waals surface area contributed by atoms with Gasteiger partial charge in [0.2, 0.25) is 5.91 Å². The Labute approximate surface area is 147 Å². The largest absolute Gasteiger partial charge is 0.334 e. The van der Waals surface area contributed by atoms with Crippen molar-refractivity contribution in [1.82, 2.24) is 20.5 Å². The van der Waals surface area contributed by atoms with Crippen LogP contribution in [0.3, 0.4) is 0 Å². The Bertz CT molecular complexity index is 721. The summed E-state index contributed by atoms with van der Waals surface area (Å²) < 4.78 is 0. The molecule has 0 bridgehead atoms. The number of hydrogen-bond acceptors (Lipinski definition) is 3. The number of carbonyl (C=O) groups excluding carboxylic acids is 2. The first kappa shape index (κ1) is 17.0. The average molecular weight is 338 g/mol. The highest BCUT2D eigenvalue weighted by atomic mass is 16.2.